The molecule has 0 fully saturated rings. The van der Waals surface area contributed by atoms with Gasteiger partial charge >= 0.3 is 0 Å². The minimum absolute atomic E-state index is 0.0836. The Balaban J connectivity index is 1.77. The summed E-state index contributed by atoms with van der Waals surface area (Å²) in [7, 11) is -3.83. The number of H-pyrrole nitrogens is 1. The molecule has 2 unspecified atom stereocenters. The molecule has 32 heavy (non-hydrogen) atoms. The van der Waals surface area contributed by atoms with Crippen LogP contribution in [0.5, 0.6) is 0 Å². The van der Waals surface area contributed by atoms with Crippen molar-refractivity contribution in [2.45, 2.75) is 62.3 Å². The molecule has 4 rings (SSSR count). The zero-order valence-electron chi connectivity index (χ0n) is 18.2. The van der Waals surface area contributed by atoms with Crippen molar-refractivity contribution in [3.63, 3.8) is 0 Å². The number of hydrogen-bond donors (Lipinski definition) is 2. The largest absolute Gasteiger partial charge is 0.412 e. The second kappa shape index (κ2) is 8.85. The van der Waals surface area contributed by atoms with Crippen molar-refractivity contribution in [3.8, 4) is 0 Å². The molecule has 1 aliphatic carbocycles. The van der Waals surface area contributed by atoms with Crippen molar-refractivity contribution >= 4 is 38.2 Å². The Morgan fingerprint density at radius 3 is 2.59 bits per heavy atom. The number of aromatic amines is 1. The first-order valence-electron chi connectivity index (χ1n) is 10.5. The maximum Gasteiger partial charge on any atom is 0.284 e. The van der Waals surface area contributed by atoms with E-state index in [4.69, 9.17) is 16.6 Å². The van der Waals surface area contributed by atoms with Gasteiger partial charge in [-0.3, -0.25) is 0 Å². The number of fused-ring (bicyclic) bond motifs is 1. The van der Waals surface area contributed by atoms with Crippen LogP contribution in [0.2, 0.25) is 0 Å². The molecule has 170 valence electrons. The highest BCUT2D eigenvalue weighted by molar-refractivity contribution is 9.10. The maximum absolute atomic E-state index is 13.2. The summed E-state index contributed by atoms with van der Waals surface area (Å²) in [5, 5.41) is 6.79. The molecule has 0 radical (unpaired) electrons. The molecule has 6 nitrogen and oxygen atoms in total. The van der Waals surface area contributed by atoms with Crippen molar-refractivity contribution in [2.75, 3.05) is 0 Å². The highest BCUT2D eigenvalue weighted by Gasteiger charge is 2.35. The summed E-state index contributed by atoms with van der Waals surface area (Å²) < 4.78 is 35.7. The van der Waals surface area contributed by atoms with Gasteiger partial charge in [0.05, 0.1) is 4.90 Å². The van der Waals surface area contributed by atoms with Crippen LogP contribution in [-0.4, -0.2) is 18.6 Å². The van der Waals surface area contributed by atoms with Crippen LogP contribution in [0, 0.1) is 4.84 Å². The Bertz CT molecular complexity index is 1280. The van der Waals surface area contributed by atoms with E-state index in [1.165, 1.54) is 11.1 Å². The van der Waals surface area contributed by atoms with E-state index >= 15 is 0 Å². The van der Waals surface area contributed by atoms with Gasteiger partial charge in [0, 0.05) is 10.4 Å². The lowest BCUT2D eigenvalue weighted by Crippen LogP contribution is -2.33. The van der Waals surface area contributed by atoms with Gasteiger partial charge in [-0.15, -0.1) is 5.10 Å². The lowest BCUT2D eigenvalue weighted by atomic mass is 9.70. The molecular weight excluding hydrogens is 510 g/mol. The number of halogens is 1. The van der Waals surface area contributed by atoms with Crippen LogP contribution < -0.4 is 4.72 Å². The molecule has 0 saturated carbocycles. The van der Waals surface area contributed by atoms with Crippen LogP contribution in [0.3, 0.4) is 0 Å². The van der Waals surface area contributed by atoms with E-state index in [-0.39, 0.29) is 27.0 Å². The van der Waals surface area contributed by atoms with Gasteiger partial charge in [0.15, 0.2) is 0 Å². The summed E-state index contributed by atoms with van der Waals surface area (Å²) in [6.45, 7) is 6.53. The standard InChI is InChI=1S/C23H26BrN3O3S2/c1-14(17-6-4-8-19-18(17)7-5-13-23(19,2)3)20(21-25-26-22(31)30-21)27-32(28,29)16-11-9-15(24)10-12-16/h4,6,8-12,14,20,27H,5,7,13H2,1-3H3,(H,26,31). The first-order valence-corrected chi connectivity index (χ1v) is 13.2. The molecule has 0 amide bonds. The van der Waals surface area contributed by atoms with Gasteiger partial charge in [-0.25, -0.2) is 13.5 Å². The van der Waals surface area contributed by atoms with Gasteiger partial charge < -0.3 is 4.42 Å². The number of aromatic nitrogens is 2. The smallest absolute Gasteiger partial charge is 0.284 e. The number of rotatable bonds is 6. The molecule has 9 heteroatoms. The zero-order chi connectivity index (χ0) is 23.1. The first kappa shape index (κ1) is 23.4. The van der Waals surface area contributed by atoms with Crippen LogP contribution in [0.1, 0.15) is 68.2 Å². The number of sulfonamides is 1. The van der Waals surface area contributed by atoms with Gasteiger partial charge in [0.2, 0.25) is 15.9 Å². The highest BCUT2D eigenvalue weighted by Crippen LogP contribution is 2.42. The second-order valence-corrected chi connectivity index (χ2v) is 11.9. The van der Waals surface area contributed by atoms with Crippen LogP contribution in [0.15, 0.2) is 56.2 Å². The molecular formula is C23H26BrN3O3S2. The molecule has 1 aromatic heterocycles. The third kappa shape index (κ3) is 4.62. The Kier molecular flexibility index (Phi) is 6.46. The monoisotopic (exact) mass is 535 g/mol. The molecule has 2 atom stereocenters. The summed E-state index contributed by atoms with van der Waals surface area (Å²) in [4.78, 5) is 0.277. The minimum atomic E-state index is -3.83. The SMILES string of the molecule is CC(c1cccc2c1CCCC2(C)C)C(NS(=O)(=O)c1ccc(Br)cc1)c1n[nH]c(=S)o1. The average molecular weight is 537 g/mol. The van der Waals surface area contributed by atoms with Crippen molar-refractivity contribution in [1.82, 2.24) is 14.9 Å². The topological polar surface area (TPSA) is 88.0 Å². The molecule has 0 bridgehead atoms. The van der Waals surface area contributed by atoms with E-state index < -0.39 is 16.1 Å². The van der Waals surface area contributed by atoms with Gasteiger partial charge in [-0.2, -0.15) is 4.72 Å². The van der Waals surface area contributed by atoms with Crippen LogP contribution in [-0.2, 0) is 21.9 Å². The fourth-order valence-electron chi connectivity index (χ4n) is 4.56. The van der Waals surface area contributed by atoms with E-state index in [0.717, 1.165) is 29.3 Å². The van der Waals surface area contributed by atoms with Crippen molar-refractivity contribution in [3.05, 3.63) is 74.4 Å². The molecule has 3 aromatic rings. The normalized spacial score (nSPS) is 17.5. The summed E-state index contributed by atoms with van der Waals surface area (Å²) >= 11 is 8.41. The Morgan fingerprint density at radius 2 is 1.94 bits per heavy atom. The minimum Gasteiger partial charge on any atom is -0.412 e. The molecule has 2 N–H and O–H groups in total. The predicted octanol–water partition coefficient (Wildman–Crippen LogP) is 5.93. The van der Waals surface area contributed by atoms with E-state index in [2.05, 4.69) is 62.9 Å². The summed E-state index contributed by atoms with van der Waals surface area (Å²) in [5.74, 6) is -0.0126. The van der Waals surface area contributed by atoms with Crippen molar-refractivity contribution in [2.24, 2.45) is 0 Å². The molecule has 0 saturated heterocycles. The van der Waals surface area contributed by atoms with Crippen molar-refractivity contribution in [1.29, 1.82) is 0 Å². The second-order valence-electron chi connectivity index (χ2n) is 8.90. The first-order chi connectivity index (χ1) is 15.1. The van der Waals surface area contributed by atoms with E-state index in [1.807, 2.05) is 6.92 Å². The Labute approximate surface area is 202 Å². The summed E-state index contributed by atoms with van der Waals surface area (Å²) in [6.07, 6.45) is 3.20. The van der Waals surface area contributed by atoms with E-state index in [0.29, 0.717) is 0 Å². The number of nitrogens with one attached hydrogen (secondary N) is 2. The van der Waals surface area contributed by atoms with Gasteiger partial charge in [-0.1, -0.05) is 54.9 Å². The quantitative estimate of drug-likeness (QED) is 0.381. The average Bonchev–Trinajstić information content (AvgIpc) is 3.17. The van der Waals surface area contributed by atoms with Crippen LogP contribution >= 0.6 is 28.1 Å². The van der Waals surface area contributed by atoms with Crippen LogP contribution in [0.25, 0.3) is 0 Å². The van der Waals surface area contributed by atoms with Crippen molar-refractivity contribution < 1.29 is 12.8 Å². The third-order valence-corrected chi connectivity index (χ3v) is 8.45. The number of benzene rings is 2. The van der Waals surface area contributed by atoms with Gasteiger partial charge in [0.25, 0.3) is 4.84 Å². The van der Waals surface area contributed by atoms with Gasteiger partial charge in [0.1, 0.15) is 6.04 Å². The zero-order valence-corrected chi connectivity index (χ0v) is 21.4. The fourth-order valence-corrected chi connectivity index (χ4v) is 6.22. The molecule has 1 heterocycles. The molecule has 1 aliphatic rings. The third-order valence-electron chi connectivity index (χ3n) is 6.29. The molecule has 0 spiro atoms. The lowest BCUT2D eigenvalue weighted by molar-refractivity contribution is 0.385. The molecule has 0 aliphatic heterocycles. The Morgan fingerprint density at radius 1 is 1.22 bits per heavy atom. The van der Waals surface area contributed by atoms with E-state index in [1.54, 1.807) is 24.3 Å². The maximum atomic E-state index is 13.2. The number of hydrogen-bond acceptors (Lipinski definition) is 5. The van der Waals surface area contributed by atoms with E-state index in [9.17, 15) is 8.42 Å². The predicted molar refractivity (Wildman–Crippen MR) is 130 cm³/mol. The molecule has 2 aromatic carbocycles. The van der Waals surface area contributed by atoms with Crippen LogP contribution in [0.4, 0.5) is 0 Å². The fraction of sp³-hybridized carbons (Fsp3) is 0.391. The highest BCUT2D eigenvalue weighted by atomic mass is 79.9. The lowest BCUT2D eigenvalue weighted by Gasteiger charge is -2.35. The number of nitrogens with zero attached hydrogens (tertiary/aromatic N) is 1. The summed E-state index contributed by atoms with van der Waals surface area (Å²) in [6, 6.07) is 12.1. The van der Waals surface area contributed by atoms with Gasteiger partial charge in [-0.05, 0) is 77.9 Å². The Hall–Kier alpha value is -1.81. The summed E-state index contributed by atoms with van der Waals surface area (Å²) in [5.41, 5.74) is 3.80.